The number of rotatable bonds is 5. The topological polar surface area (TPSA) is 139 Å². The predicted octanol–water partition coefficient (Wildman–Crippen LogP) is 0.627. The number of hydrazone groups is 1. The first-order valence-electron chi connectivity index (χ1n) is 7.83. The molecule has 0 spiro atoms. The minimum absolute atomic E-state index is 0.212. The summed E-state index contributed by atoms with van der Waals surface area (Å²) in [5.74, 6) is -0.824. The Morgan fingerprint density at radius 2 is 2.08 bits per heavy atom. The molecule has 2 heterocycles. The van der Waals surface area contributed by atoms with E-state index in [0.717, 1.165) is 0 Å². The number of aromatic amines is 1. The molecule has 2 aromatic rings. The van der Waals surface area contributed by atoms with Crippen molar-refractivity contribution in [3.8, 4) is 0 Å². The summed E-state index contributed by atoms with van der Waals surface area (Å²) in [5.41, 5.74) is 3.97. The standard InChI is InChI=1S/C16H18N6O4/c1-22(2)4-3-17-15(24)13-10-7-18-21-14(23)9-5-8(19-16(25)26)6-11(20-13)12(9)10/h5-7,19-20H,3-4H2,1-2H3,(H,17,24)(H,21,23)(H,25,26). The van der Waals surface area contributed by atoms with Crippen LogP contribution in [0.3, 0.4) is 0 Å². The fourth-order valence-electron chi connectivity index (χ4n) is 2.74. The molecule has 0 bridgehead atoms. The molecule has 1 aliphatic rings. The third-order valence-electron chi connectivity index (χ3n) is 3.86. The van der Waals surface area contributed by atoms with Crippen molar-refractivity contribution in [1.82, 2.24) is 20.6 Å². The maximum atomic E-state index is 12.5. The van der Waals surface area contributed by atoms with E-state index in [-0.39, 0.29) is 22.9 Å². The van der Waals surface area contributed by atoms with Crippen LogP contribution in [0.2, 0.25) is 0 Å². The van der Waals surface area contributed by atoms with Crippen LogP contribution in [0.1, 0.15) is 26.4 Å². The minimum Gasteiger partial charge on any atom is -0.465 e. The summed E-state index contributed by atoms with van der Waals surface area (Å²) in [6, 6.07) is 2.94. The molecule has 0 fully saturated rings. The molecule has 1 aliphatic heterocycles. The number of likely N-dealkylation sites (N-methyl/N-ethyl adjacent to an activating group) is 1. The van der Waals surface area contributed by atoms with Crippen molar-refractivity contribution in [2.75, 3.05) is 32.5 Å². The van der Waals surface area contributed by atoms with Gasteiger partial charge in [0.2, 0.25) is 0 Å². The van der Waals surface area contributed by atoms with Gasteiger partial charge in [-0.25, -0.2) is 10.2 Å². The quantitative estimate of drug-likeness (QED) is 0.533. The van der Waals surface area contributed by atoms with Crippen molar-refractivity contribution in [2.45, 2.75) is 0 Å². The van der Waals surface area contributed by atoms with Crippen LogP contribution in [0.25, 0.3) is 10.9 Å². The van der Waals surface area contributed by atoms with Crippen molar-refractivity contribution >= 4 is 40.7 Å². The van der Waals surface area contributed by atoms with Gasteiger partial charge in [-0.15, -0.1) is 0 Å². The van der Waals surface area contributed by atoms with E-state index in [1.54, 1.807) is 0 Å². The average molecular weight is 358 g/mol. The highest BCUT2D eigenvalue weighted by Gasteiger charge is 2.24. The fourth-order valence-corrected chi connectivity index (χ4v) is 2.74. The summed E-state index contributed by atoms with van der Waals surface area (Å²) in [7, 11) is 3.80. The fraction of sp³-hybridized carbons (Fsp3) is 0.250. The largest absolute Gasteiger partial charge is 0.465 e. The van der Waals surface area contributed by atoms with Gasteiger partial charge in [0.05, 0.1) is 11.8 Å². The maximum absolute atomic E-state index is 12.5. The highest BCUT2D eigenvalue weighted by molar-refractivity contribution is 6.19. The normalized spacial score (nSPS) is 12.8. The van der Waals surface area contributed by atoms with Gasteiger partial charge in [0.1, 0.15) is 5.69 Å². The third kappa shape index (κ3) is 3.35. The Balaban J connectivity index is 2.06. The molecule has 5 N–H and O–H groups in total. The van der Waals surface area contributed by atoms with Crippen molar-refractivity contribution in [3.63, 3.8) is 0 Å². The van der Waals surface area contributed by atoms with E-state index in [9.17, 15) is 14.4 Å². The van der Waals surface area contributed by atoms with Crippen LogP contribution in [-0.4, -0.2) is 66.3 Å². The first kappa shape index (κ1) is 17.4. The SMILES string of the molecule is CN(C)CCNC(=O)c1[nH]c2cc(NC(=O)O)cc3c2c1C=NNC3=O. The summed E-state index contributed by atoms with van der Waals surface area (Å²) in [6.07, 6.45) is 0.147. The minimum atomic E-state index is -1.25. The number of nitrogens with zero attached hydrogens (tertiary/aromatic N) is 2. The van der Waals surface area contributed by atoms with Crippen molar-refractivity contribution < 1.29 is 19.5 Å². The third-order valence-corrected chi connectivity index (χ3v) is 3.86. The second-order valence-corrected chi connectivity index (χ2v) is 6.05. The van der Waals surface area contributed by atoms with E-state index < -0.39 is 12.0 Å². The van der Waals surface area contributed by atoms with E-state index in [0.29, 0.717) is 29.6 Å². The van der Waals surface area contributed by atoms with Crippen LogP contribution in [0.15, 0.2) is 17.2 Å². The summed E-state index contributed by atoms with van der Waals surface area (Å²) < 4.78 is 0. The van der Waals surface area contributed by atoms with Gasteiger partial charge in [-0.05, 0) is 26.2 Å². The predicted molar refractivity (Wildman–Crippen MR) is 95.9 cm³/mol. The molecule has 1 aromatic carbocycles. The zero-order valence-corrected chi connectivity index (χ0v) is 14.2. The molecule has 0 aliphatic carbocycles. The maximum Gasteiger partial charge on any atom is 0.409 e. The Hall–Kier alpha value is -3.40. The number of amides is 3. The molecule has 0 saturated carbocycles. The zero-order chi connectivity index (χ0) is 18.8. The van der Waals surface area contributed by atoms with E-state index >= 15 is 0 Å². The van der Waals surface area contributed by atoms with Crippen LogP contribution in [-0.2, 0) is 0 Å². The highest BCUT2D eigenvalue weighted by Crippen LogP contribution is 2.30. The Kier molecular flexibility index (Phi) is 4.59. The first-order valence-corrected chi connectivity index (χ1v) is 7.83. The number of carbonyl (C=O) groups excluding carboxylic acids is 2. The lowest BCUT2D eigenvalue weighted by Gasteiger charge is -2.10. The van der Waals surface area contributed by atoms with E-state index in [1.165, 1.54) is 18.3 Å². The Bertz CT molecular complexity index is 930. The molecule has 1 aromatic heterocycles. The van der Waals surface area contributed by atoms with Gasteiger partial charge in [0.25, 0.3) is 11.8 Å². The molecule has 10 heteroatoms. The summed E-state index contributed by atoms with van der Waals surface area (Å²) in [6.45, 7) is 1.13. The summed E-state index contributed by atoms with van der Waals surface area (Å²) >= 11 is 0. The monoisotopic (exact) mass is 358 g/mol. The summed E-state index contributed by atoms with van der Waals surface area (Å²) in [4.78, 5) is 40.6. The average Bonchev–Trinajstić information content (AvgIpc) is 2.82. The van der Waals surface area contributed by atoms with Gasteiger partial charge in [0, 0.05) is 35.2 Å². The zero-order valence-electron chi connectivity index (χ0n) is 14.2. The van der Waals surface area contributed by atoms with Gasteiger partial charge in [-0.3, -0.25) is 14.9 Å². The lowest BCUT2D eigenvalue weighted by molar-refractivity contribution is 0.0942. The van der Waals surface area contributed by atoms with Crippen LogP contribution >= 0.6 is 0 Å². The highest BCUT2D eigenvalue weighted by atomic mass is 16.4. The van der Waals surface area contributed by atoms with Crippen LogP contribution in [0.4, 0.5) is 10.5 Å². The Labute approximate surface area is 148 Å². The van der Waals surface area contributed by atoms with Crippen LogP contribution in [0.5, 0.6) is 0 Å². The lowest BCUT2D eigenvalue weighted by Crippen LogP contribution is -2.32. The van der Waals surface area contributed by atoms with Gasteiger partial charge in [-0.1, -0.05) is 0 Å². The van der Waals surface area contributed by atoms with Crippen molar-refractivity contribution in [2.24, 2.45) is 5.10 Å². The van der Waals surface area contributed by atoms with Crippen LogP contribution < -0.4 is 16.1 Å². The van der Waals surface area contributed by atoms with Crippen LogP contribution in [0, 0.1) is 0 Å². The van der Waals surface area contributed by atoms with Gasteiger partial charge in [0.15, 0.2) is 0 Å². The Morgan fingerprint density at radius 1 is 1.31 bits per heavy atom. The molecular weight excluding hydrogens is 340 g/mol. The van der Waals surface area contributed by atoms with E-state index in [1.807, 2.05) is 19.0 Å². The molecule has 3 amide bonds. The van der Waals surface area contributed by atoms with E-state index in [4.69, 9.17) is 5.11 Å². The van der Waals surface area contributed by atoms with Gasteiger partial charge < -0.3 is 20.3 Å². The van der Waals surface area contributed by atoms with Gasteiger partial charge in [-0.2, -0.15) is 5.10 Å². The molecule has 0 radical (unpaired) electrons. The number of aromatic nitrogens is 1. The molecule has 0 saturated heterocycles. The number of anilines is 1. The smallest absolute Gasteiger partial charge is 0.409 e. The summed E-state index contributed by atoms with van der Waals surface area (Å²) in [5, 5.41) is 18.3. The molecule has 0 unspecified atom stereocenters. The second kappa shape index (κ2) is 6.84. The number of benzene rings is 1. The molecule has 136 valence electrons. The number of carbonyl (C=O) groups is 3. The Morgan fingerprint density at radius 3 is 2.77 bits per heavy atom. The van der Waals surface area contributed by atoms with E-state index in [2.05, 4.69) is 26.1 Å². The molecular formula is C16H18N6O4. The number of nitrogens with one attached hydrogen (secondary N) is 4. The number of hydrogen-bond donors (Lipinski definition) is 5. The molecule has 26 heavy (non-hydrogen) atoms. The first-order chi connectivity index (χ1) is 12.4. The van der Waals surface area contributed by atoms with Crippen molar-refractivity contribution in [1.29, 1.82) is 0 Å². The lowest BCUT2D eigenvalue weighted by atomic mass is 10.0. The van der Waals surface area contributed by atoms with Crippen molar-refractivity contribution in [3.05, 3.63) is 29.0 Å². The second-order valence-electron chi connectivity index (χ2n) is 6.05. The number of carboxylic acid groups (broad SMARTS) is 1. The molecule has 10 nitrogen and oxygen atoms in total. The number of hydrogen-bond acceptors (Lipinski definition) is 5. The molecule has 0 atom stereocenters. The molecule has 3 rings (SSSR count). The van der Waals surface area contributed by atoms with Gasteiger partial charge >= 0.3 is 6.09 Å². The number of H-pyrrole nitrogens is 1.